The van der Waals surface area contributed by atoms with Crippen LogP contribution in [-0.2, 0) is 27.9 Å². The first-order valence-corrected chi connectivity index (χ1v) is 18.0. The highest BCUT2D eigenvalue weighted by Gasteiger charge is 2.33. The van der Waals surface area contributed by atoms with E-state index in [0.717, 1.165) is 19.3 Å². The summed E-state index contributed by atoms with van der Waals surface area (Å²) in [5.41, 5.74) is -1.99. The van der Waals surface area contributed by atoms with Gasteiger partial charge in [0.25, 0.3) is 5.56 Å². The lowest BCUT2D eigenvalue weighted by Gasteiger charge is -2.34. The Morgan fingerprint density at radius 1 is 1.02 bits per heavy atom. The molecule has 1 aromatic heterocycles. The molecular weight excluding hydrogens is 625 g/mol. The van der Waals surface area contributed by atoms with Gasteiger partial charge < -0.3 is 29.9 Å². The zero-order chi connectivity index (χ0) is 33.7. The highest BCUT2D eigenvalue weighted by atomic mass is 32.1. The van der Waals surface area contributed by atoms with Gasteiger partial charge in [-0.3, -0.25) is 28.2 Å². The Morgan fingerprint density at radius 2 is 1.58 bits per heavy atom. The van der Waals surface area contributed by atoms with Crippen LogP contribution in [-0.4, -0.2) is 81.3 Å². The molecule has 0 saturated carbocycles. The van der Waals surface area contributed by atoms with Crippen molar-refractivity contribution in [3.05, 3.63) is 27.4 Å². The number of carbonyl (C=O) groups excluding carboxylic acids is 1. The van der Waals surface area contributed by atoms with E-state index in [0.29, 0.717) is 6.61 Å². The SMILES string of the molecule is CCCCCCCCCCCCCCOC[C@H](COP(=O)(O)OC[C@H](CO)O[C@@H](n1ccc(=O)[nH]c1=S)C(C)(C)O)NC(C)=O. The molecule has 1 aromatic rings. The van der Waals surface area contributed by atoms with E-state index < -0.39 is 50.6 Å². The number of hydrogen-bond acceptors (Lipinski definition) is 10. The maximum atomic E-state index is 12.6. The molecule has 4 atom stereocenters. The summed E-state index contributed by atoms with van der Waals surface area (Å²) in [4.78, 5) is 35.8. The van der Waals surface area contributed by atoms with E-state index in [2.05, 4.69) is 17.2 Å². The second-order valence-electron chi connectivity index (χ2n) is 11.9. The van der Waals surface area contributed by atoms with Crippen LogP contribution in [0.4, 0.5) is 0 Å². The molecule has 0 aliphatic heterocycles. The summed E-state index contributed by atoms with van der Waals surface area (Å²) < 4.78 is 35.4. The van der Waals surface area contributed by atoms with Crippen molar-refractivity contribution < 1.29 is 43.0 Å². The van der Waals surface area contributed by atoms with Gasteiger partial charge in [0.1, 0.15) is 11.7 Å². The molecule has 13 nitrogen and oxygen atoms in total. The lowest BCUT2D eigenvalue weighted by molar-refractivity contribution is -0.173. The van der Waals surface area contributed by atoms with E-state index in [4.69, 9.17) is 30.7 Å². The van der Waals surface area contributed by atoms with Gasteiger partial charge >= 0.3 is 7.82 Å². The van der Waals surface area contributed by atoms with Gasteiger partial charge in [-0.05, 0) is 32.5 Å². The lowest BCUT2D eigenvalue weighted by atomic mass is 10.1. The molecule has 0 aliphatic rings. The first kappa shape index (κ1) is 41.5. The van der Waals surface area contributed by atoms with Gasteiger partial charge in [0.05, 0.1) is 32.5 Å². The van der Waals surface area contributed by atoms with Crippen molar-refractivity contribution in [2.45, 2.75) is 129 Å². The molecule has 5 N–H and O–H groups in total. The molecule has 1 heterocycles. The molecule has 1 amide bonds. The Morgan fingerprint density at radius 3 is 2.09 bits per heavy atom. The fourth-order valence-electron chi connectivity index (χ4n) is 4.59. The van der Waals surface area contributed by atoms with Crippen molar-refractivity contribution in [1.29, 1.82) is 0 Å². The van der Waals surface area contributed by atoms with Crippen LogP contribution < -0.4 is 10.9 Å². The van der Waals surface area contributed by atoms with Crippen LogP contribution in [0.25, 0.3) is 0 Å². The summed E-state index contributed by atoms with van der Waals surface area (Å²) in [6, 6.07) is 0.502. The number of ether oxygens (including phenoxy) is 2. The molecule has 0 aliphatic carbocycles. The molecule has 45 heavy (non-hydrogen) atoms. The molecule has 0 saturated heterocycles. The minimum atomic E-state index is -4.64. The number of unbranched alkanes of at least 4 members (excludes halogenated alkanes) is 11. The average Bonchev–Trinajstić information content (AvgIpc) is 2.96. The zero-order valence-corrected chi connectivity index (χ0v) is 29.1. The molecule has 0 fully saturated rings. The summed E-state index contributed by atoms with van der Waals surface area (Å²) in [5.74, 6) is -0.349. The van der Waals surface area contributed by atoms with E-state index in [9.17, 15) is 29.3 Å². The van der Waals surface area contributed by atoms with E-state index in [1.54, 1.807) is 0 Å². The number of aliphatic hydroxyl groups excluding tert-OH is 1. The number of rotatable bonds is 27. The third kappa shape index (κ3) is 19.7. The second-order valence-corrected chi connectivity index (χ2v) is 13.7. The van der Waals surface area contributed by atoms with Gasteiger partial charge in [-0.1, -0.05) is 77.6 Å². The van der Waals surface area contributed by atoms with Crippen molar-refractivity contribution in [2.75, 3.05) is 33.0 Å². The molecule has 1 unspecified atom stereocenters. The third-order valence-corrected chi connectivity index (χ3v) is 8.23. The molecule has 0 bridgehead atoms. The molecule has 1 rings (SSSR count). The van der Waals surface area contributed by atoms with E-state index in [1.807, 2.05) is 0 Å². The predicted molar refractivity (Wildman–Crippen MR) is 174 cm³/mol. The number of nitrogens with one attached hydrogen (secondary N) is 2. The van der Waals surface area contributed by atoms with Gasteiger partial charge in [0.2, 0.25) is 5.91 Å². The van der Waals surface area contributed by atoms with Crippen molar-refractivity contribution >= 4 is 25.9 Å². The van der Waals surface area contributed by atoms with Gasteiger partial charge in [-0.2, -0.15) is 0 Å². The molecule has 15 heteroatoms. The van der Waals surface area contributed by atoms with Crippen LogP contribution in [0.5, 0.6) is 0 Å². The molecule has 0 spiro atoms. The first-order chi connectivity index (χ1) is 21.3. The number of aromatic amines is 1. The topological polar surface area (TPSA) is 182 Å². The number of phosphoric ester groups is 1. The fraction of sp³-hybridized carbons (Fsp3) is 0.833. The number of hydrogen-bond donors (Lipinski definition) is 5. The van der Waals surface area contributed by atoms with Crippen LogP contribution in [0.3, 0.4) is 0 Å². The number of H-pyrrole nitrogens is 1. The minimum absolute atomic E-state index is 0.0339. The van der Waals surface area contributed by atoms with Crippen molar-refractivity contribution in [2.24, 2.45) is 0 Å². The number of aliphatic hydroxyl groups is 2. The van der Waals surface area contributed by atoms with Gasteiger partial charge in [-0.15, -0.1) is 0 Å². The Kier molecular flexibility index (Phi) is 21.2. The summed E-state index contributed by atoms with van der Waals surface area (Å²) in [6.45, 7) is 5.45. The number of aromatic nitrogens is 2. The van der Waals surface area contributed by atoms with Crippen molar-refractivity contribution in [1.82, 2.24) is 14.9 Å². The summed E-state index contributed by atoms with van der Waals surface area (Å²) in [7, 11) is -4.64. The van der Waals surface area contributed by atoms with Crippen LogP contribution in [0.15, 0.2) is 17.1 Å². The van der Waals surface area contributed by atoms with Gasteiger partial charge in [0, 0.05) is 25.8 Å². The number of phosphoric acid groups is 1. The zero-order valence-electron chi connectivity index (χ0n) is 27.4. The van der Waals surface area contributed by atoms with Crippen LogP contribution >= 0.6 is 20.0 Å². The smallest absolute Gasteiger partial charge is 0.394 e. The second kappa shape index (κ2) is 22.9. The summed E-state index contributed by atoms with van der Waals surface area (Å²) >= 11 is 5.15. The molecular formula is C30H56N3O10PS. The van der Waals surface area contributed by atoms with E-state index >= 15 is 0 Å². The predicted octanol–water partition coefficient (Wildman–Crippen LogP) is 4.91. The van der Waals surface area contributed by atoms with Crippen molar-refractivity contribution in [3.63, 3.8) is 0 Å². The largest absolute Gasteiger partial charge is 0.472 e. The summed E-state index contributed by atoms with van der Waals surface area (Å²) in [5, 5.41) is 23.1. The van der Waals surface area contributed by atoms with Crippen molar-refractivity contribution in [3.8, 4) is 0 Å². The summed E-state index contributed by atoms with van der Waals surface area (Å²) in [6.07, 6.45) is 13.8. The highest BCUT2D eigenvalue weighted by Crippen LogP contribution is 2.43. The standard InChI is InChI=1S/C30H56N3O10PS/c1-5-6-7-8-9-10-11-12-13-14-15-16-19-40-21-25(31-24(2)35)22-41-44(38,39)42-23-26(20-34)43-28(30(3,4)37)33-18-17-27(36)32-29(33)45/h17-18,25-26,28,34,37H,5-16,19-23H2,1-4H3,(H,31,35)(H,38,39)(H,32,36,45)/t25-,26+,28-/m1/s1. The average molecular weight is 682 g/mol. The lowest BCUT2D eigenvalue weighted by Crippen LogP contribution is -2.41. The maximum Gasteiger partial charge on any atom is 0.472 e. The van der Waals surface area contributed by atoms with Crippen LogP contribution in [0, 0.1) is 4.77 Å². The number of nitrogens with zero attached hydrogens (tertiary/aromatic N) is 1. The normalized spacial score (nSPS) is 15.4. The Bertz CT molecular complexity index is 1110. The highest BCUT2D eigenvalue weighted by molar-refractivity contribution is 7.71. The van der Waals surface area contributed by atoms with E-state index in [-0.39, 0.29) is 23.9 Å². The number of amides is 1. The molecule has 262 valence electrons. The fourth-order valence-corrected chi connectivity index (χ4v) is 5.64. The van der Waals surface area contributed by atoms with Crippen LogP contribution in [0.2, 0.25) is 0 Å². The molecule has 0 aromatic carbocycles. The Balaban J connectivity index is 2.44. The molecule has 0 radical (unpaired) electrons. The minimum Gasteiger partial charge on any atom is -0.394 e. The first-order valence-electron chi connectivity index (χ1n) is 16.1. The monoisotopic (exact) mass is 681 g/mol. The quantitative estimate of drug-likeness (QED) is 0.0484. The van der Waals surface area contributed by atoms with Gasteiger partial charge in [0.15, 0.2) is 11.0 Å². The number of carbonyl (C=O) groups is 1. The van der Waals surface area contributed by atoms with Crippen LogP contribution in [0.1, 0.15) is 111 Å². The maximum absolute atomic E-state index is 12.6. The van der Waals surface area contributed by atoms with Gasteiger partial charge in [-0.25, -0.2) is 4.57 Å². The van der Waals surface area contributed by atoms with E-state index in [1.165, 1.54) is 95.4 Å². The third-order valence-electron chi connectivity index (χ3n) is 6.96. The Labute approximate surface area is 272 Å². The Hall–Kier alpha value is -1.48.